The predicted octanol–water partition coefficient (Wildman–Crippen LogP) is 5.14. The molecule has 0 spiro atoms. The third kappa shape index (κ3) is 7.49. The smallest absolute Gasteiger partial charge is 0.311 e. The molecule has 0 atom stereocenters. The monoisotopic (exact) mass is 500 g/mol. The summed E-state index contributed by atoms with van der Waals surface area (Å²) in [5, 5.41) is 26.8. The van der Waals surface area contributed by atoms with Crippen molar-refractivity contribution in [3.8, 4) is 11.5 Å². The molecule has 11 nitrogen and oxygen atoms in total. The summed E-state index contributed by atoms with van der Waals surface area (Å²) in [5.74, 6) is -0.580. The van der Waals surface area contributed by atoms with Crippen LogP contribution in [0.4, 0.5) is 11.4 Å². The maximum atomic E-state index is 12.3. The molecule has 194 valence electrons. The second-order valence-electron chi connectivity index (χ2n) is 10.2. The highest BCUT2D eigenvalue weighted by atomic mass is 16.6. The van der Waals surface area contributed by atoms with E-state index in [0.717, 1.165) is 12.0 Å². The molecule has 0 saturated heterocycles. The minimum Gasteiger partial charge on any atom is -0.490 e. The molecule has 0 aliphatic heterocycles. The first-order valence-electron chi connectivity index (χ1n) is 11.2. The van der Waals surface area contributed by atoms with Gasteiger partial charge in [-0.1, -0.05) is 40.7 Å². The minimum atomic E-state index is -0.649. The van der Waals surface area contributed by atoms with Crippen molar-refractivity contribution in [2.45, 2.75) is 53.4 Å². The average Bonchev–Trinajstić information content (AvgIpc) is 2.78. The van der Waals surface area contributed by atoms with Gasteiger partial charge in [-0.25, -0.2) is 5.43 Å². The Bertz CT molecular complexity index is 1180. The first-order chi connectivity index (χ1) is 16.6. The molecule has 0 radical (unpaired) electrons. The third-order valence-corrected chi connectivity index (χ3v) is 5.41. The van der Waals surface area contributed by atoms with Crippen molar-refractivity contribution in [1.82, 2.24) is 5.43 Å². The zero-order valence-corrected chi connectivity index (χ0v) is 21.6. The van der Waals surface area contributed by atoms with Crippen LogP contribution in [0.2, 0.25) is 0 Å². The van der Waals surface area contributed by atoms with Gasteiger partial charge in [0.1, 0.15) is 0 Å². The van der Waals surface area contributed by atoms with Gasteiger partial charge in [-0.3, -0.25) is 25.0 Å². The number of ether oxygens (including phenoxy) is 2. The van der Waals surface area contributed by atoms with E-state index in [2.05, 4.69) is 31.3 Å². The highest BCUT2D eigenvalue weighted by Gasteiger charge is 2.30. The van der Waals surface area contributed by atoms with Gasteiger partial charge in [-0.2, -0.15) is 5.10 Å². The molecule has 1 N–H and O–H groups in total. The van der Waals surface area contributed by atoms with E-state index in [-0.39, 0.29) is 33.7 Å². The van der Waals surface area contributed by atoms with Crippen LogP contribution in [-0.2, 0) is 10.2 Å². The molecule has 11 heteroatoms. The van der Waals surface area contributed by atoms with Crippen molar-refractivity contribution in [3.05, 3.63) is 67.8 Å². The maximum absolute atomic E-state index is 12.3. The first kappa shape index (κ1) is 28.2. The van der Waals surface area contributed by atoms with Crippen LogP contribution in [0.3, 0.4) is 0 Å². The molecule has 36 heavy (non-hydrogen) atoms. The molecule has 2 aromatic rings. The van der Waals surface area contributed by atoms with E-state index in [1.54, 1.807) is 19.1 Å². The van der Waals surface area contributed by atoms with Gasteiger partial charge in [-0.15, -0.1) is 0 Å². The van der Waals surface area contributed by atoms with Crippen molar-refractivity contribution in [2.75, 3.05) is 13.7 Å². The van der Waals surface area contributed by atoms with Gasteiger partial charge in [0.2, 0.25) is 0 Å². The molecule has 2 rings (SSSR count). The Morgan fingerprint density at radius 2 is 1.56 bits per heavy atom. The number of hydrogen-bond acceptors (Lipinski definition) is 8. The quantitative estimate of drug-likeness (QED) is 0.270. The van der Waals surface area contributed by atoms with E-state index >= 15 is 0 Å². The Labute approximate surface area is 209 Å². The summed E-state index contributed by atoms with van der Waals surface area (Å²) >= 11 is 0. The number of benzene rings is 2. The summed E-state index contributed by atoms with van der Waals surface area (Å²) in [4.78, 5) is 34.0. The summed E-state index contributed by atoms with van der Waals surface area (Å²) in [6, 6.07) is 9.04. The van der Waals surface area contributed by atoms with Gasteiger partial charge in [-0.05, 0) is 47.9 Å². The summed E-state index contributed by atoms with van der Waals surface area (Å²) in [5.41, 5.74) is 3.07. The van der Waals surface area contributed by atoms with E-state index in [1.807, 2.05) is 13.8 Å². The van der Waals surface area contributed by atoms with Crippen LogP contribution in [0.25, 0.3) is 0 Å². The Balaban J connectivity index is 2.12. The first-order valence-corrected chi connectivity index (χ1v) is 11.2. The Morgan fingerprint density at radius 1 is 0.972 bits per heavy atom. The van der Waals surface area contributed by atoms with Crippen LogP contribution in [0.5, 0.6) is 11.5 Å². The highest BCUT2D eigenvalue weighted by Crippen LogP contribution is 2.39. The van der Waals surface area contributed by atoms with Gasteiger partial charge >= 0.3 is 11.4 Å². The van der Waals surface area contributed by atoms with Crippen molar-refractivity contribution in [1.29, 1.82) is 0 Å². The van der Waals surface area contributed by atoms with Crippen LogP contribution in [0.15, 0.2) is 41.5 Å². The van der Waals surface area contributed by atoms with E-state index in [0.29, 0.717) is 11.3 Å². The van der Waals surface area contributed by atoms with Crippen LogP contribution in [-0.4, -0.2) is 35.2 Å². The number of rotatable bonds is 10. The molecule has 0 heterocycles. The molecule has 0 aliphatic carbocycles. The molecule has 0 aromatic heterocycles. The van der Waals surface area contributed by atoms with E-state index < -0.39 is 22.4 Å². The van der Waals surface area contributed by atoms with Crippen molar-refractivity contribution >= 4 is 23.0 Å². The largest absolute Gasteiger partial charge is 0.490 e. The fraction of sp³-hybridized carbons (Fsp3) is 0.440. The molecular formula is C25H32N4O7. The molecule has 2 aromatic carbocycles. The standard InChI is InChI=1S/C25H32N4O7/c1-16(17-8-10-21(35-7)19(12-17)28(31)32)26-27-23(30)14-36-22-11-9-18(13-20(22)29(33)34)25(5,6)15-24(2,3)4/h8-13H,14-15H2,1-7H3,(H,27,30)/b26-16+. The SMILES string of the molecule is COc1ccc(/C(C)=N/NC(=O)COc2ccc(C(C)(C)CC(C)(C)C)cc2[N+](=O)[O-])cc1[N+](=O)[O-]. The second-order valence-corrected chi connectivity index (χ2v) is 10.2. The number of carbonyl (C=O) groups excluding carboxylic acids is 1. The van der Waals surface area contributed by atoms with Crippen molar-refractivity contribution in [3.63, 3.8) is 0 Å². The Hall–Kier alpha value is -4.02. The van der Waals surface area contributed by atoms with Crippen molar-refractivity contribution in [2.24, 2.45) is 10.5 Å². The molecule has 0 unspecified atom stereocenters. The zero-order chi connectivity index (χ0) is 27.3. The van der Waals surface area contributed by atoms with Crippen molar-refractivity contribution < 1.29 is 24.1 Å². The van der Waals surface area contributed by atoms with Crippen LogP contribution in [0, 0.1) is 25.6 Å². The highest BCUT2D eigenvalue weighted by molar-refractivity contribution is 6.00. The number of methoxy groups -OCH3 is 1. The number of amides is 1. The molecule has 0 bridgehead atoms. The Kier molecular flexibility index (Phi) is 8.74. The van der Waals surface area contributed by atoms with Crippen LogP contribution >= 0.6 is 0 Å². The van der Waals surface area contributed by atoms with E-state index in [4.69, 9.17) is 9.47 Å². The number of hydrogen-bond donors (Lipinski definition) is 1. The number of nitrogens with zero attached hydrogens (tertiary/aromatic N) is 3. The summed E-state index contributed by atoms with van der Waals surface area (Å²) in [6.45, 7) is 11.4. The zero-order valence-electron chi connectivity index (χ0n) is 21.6. The molecular weight excluding hydrogens is 468 g/mol. The molecule has 0 fully saturated rings. The summed E-state index contributed by atoms with van der Waals surface area (Å²) in [6.07, 6.45) is 0.814. The molecule has 0 saturated carbocycles. The maximum Gasteiger partial charge on any atom is 0.311 e. The topological polar surface area (TPSA) is 146 Å². The van der Waals surface area contributed by atoms with Crippen LogP contribution < -0.4 is 14.9 Å². The van der Waals surface area contributed by atoms with Gasteiger partial charge in [0, 0.05) is 17.7 Å². The number of nitrogens with one attached hydrogen (secondary N) is 1. The number of nitro groups is 2. The minimum absolute atomic E-state index is 0.0287. The lowest BCUT2D eigenvalue weighted by molar-refractivity contribution is -0.386. The lowest BCUT2D eigenvalue weighted by Gasteiger charge is -2.33. The molecule has 1 amide bonds. The fourth-order valence-electron chi connectivity index (χ4n) is 4.08. The summed E-state index contributed by atoms with van der Waals surface area (Å²) < 4.78 is 10.4. The number of nitro benzene ring substituents is 2. The van der Waals surface area contributed by atoms with E-state index in [9.17, 15) is 25.0 Å². The van der Waals surface area contributed by atoms with Gasteiger partial charge in [0.15, 0.2) is 18.1 Å². The van der Waals surface area contributed by atoms with E-state index in [1.165, 1.54) is 31.4 Å². The Morgan fingerprint density at radius 3 is 2.11 bits per heavy atom. The second kappa shape index (κ2) is 11.1. The third-order valence-electron chi connectivity index (χ3n) is 5.41. The van der Waals surface area contributed by atoms with Gasteiger partial charge in [0.25, 0.3) is 5.91 Å². The average molecular weight is 501 g/mol. The lowest BCUT2D eigenvalue weighted by Crippen LogP contribution is -2.26. The lowest BCUT2D eigenvalue weighted by atomic mass is 9.72. The van der Waals surface area contributed by atoms with Gasteiger partial charge in [0.05, 0.1) is 22.7 Å². The number of carbonyl (C=O) groups is 1. The fourth-order valence-corrected chi connectivity index (χ4v) is 4.08. The normalized spacial score (nSPS) is 12.1. The molecule has 0 aliphatic rings. The van der Waals surface area contributed by atoms with Gasteiger partial charge < -0.3 is 9.47 Å². The number of hydrazone groups is 1. The van der Waals surface area contributed by atoms with Crippen LogP contribution in [0.1, 0.15) is 59.1 Å². The summed E-state index contributed by atoms with van der Waals surface area (Å²) in [7, 11) is 1.33. The predicted molar refractivity (Wildman–Crippen MR) is 136 cm³/mol.